The number of fused-ring (bicyclic) bond motifs is 2. The number of rotatable bonds is 5. The van der Waals surface area contributed by atoms with Crippen LogP contribution in [-0.4, -0.2) is 20.7 Å². The van der Waals surface area contributed by atoms with E-state index in [4.69, 9.17) is 0 Å². The second kappa shape index (κ2) is 7.45. The van der Waals surface area contributed by atoms with Crippen molar-refractivity contribution in [3.8, 4) is 0 Å². The van der Waals surface area contributed by atoms with Crippen LogP contribution in [0.15, 0.2) is 30.6 Å². The zero-order valence-corrected chi connectivity index (χ0v) is 16.4. The number of benzene rings is 1. The molecule has 3 atom stereocenters. The lowest BCUT2D eigenvalue weighted by Crippen LogP contribution is -2.40. The summed E-state index contributed by atoms with van der Waals surface area (Å²) in [5.41, 5.74) is 2.70. The molecule has 1 amide bonds. The van der Waals surface area contributed by atoms with Crippen molar-refractivity contribution >= 4 is 11.6 Å². The Bertz CT molecular complexity index is 797. The summed E-state index contributed by atoms with van der Waals surface area (Å²) in [4.78, 5) is 12.3. The molecule has 4 rings (SSSR count). The van der Waals surface area contributed by atoms with Crippen LogP contribution in [0.4, 0.5) is 5.69 Å². The Morgan fingerprint density at radius 2 is 2.11 bits per heavy atom. The fourth-order valence-corrected chi connectivity index (χ4v) is 5.40. The number of aromatic nitrogens is 3. The first-order chi connectivity index (χ1) is 13.1. The molecule has 2 aliphatic carbocycles. The number of anilines is 1. The highest BCUT2D eigenvalue weighted by Gasteiger charge is 2.43. The van der Waals surface area contributed by atoms with Crippen molar-refractivity contribution in [2.45, 2.75) is 70.8 Å². The van der Waals surface area contributed by atoms with E-state index in [9.17, 15) is 4.79 Å². The molecule has 1 aromatic carbocycles. The second-order valence-electron chi connectivity index (χ2n) is 8.59. The molecule has 5 heteroatoms. The molecule has 0 radical (unpaired) electrons. The Labute approximate surface area is 161 Å². The van der Waals surface area contributed by atoms with Gasteiger partial charge in [-0.3, -0.25) is 4.79 Å². The van der Waals surface area contributed by atoms with E-state index in [2.05, 4.69) is 46.7 Å². The van der Waals surface area contributed by atoms with E-state index >= 15 is 0 Å². The summed E-state index contributed by atoms with van der Waals surface area (Å²) in [5, 5.41) is 10.7. The molecule has 2 aromatic rings. The first-order valence-electron chi connectivity index (χ1n) is 10.3. The van der Waals surface area contributed by atoms with Crippen LogP contribution in [0, 0.1) is 18.8 Å². The third kappa shape index (κ3) is 3.78. The summed E-state index contributed by atoms with van der Waals surface area (Å²) in [6.45, 7) is 4.43. The van der Waals surface area contributed by atoms with Crippen molar-refractivity contribution in [2.75, 3.05) is 5.32 Å². The minimum absolute atomic E-state index is 0.0507. The van der Waals surface area contributed by atoms with Crippen LogP contribution in [0.1, 0.15) is 63.3 Å². The van der Waals surface area contributed by atoms with Gasteiger partial charge >= 0.3 is 0 Å². The number of carbonyl (C=O) groups is 1. The van der Waals surface area contributed by atoms with Gasteiger partial charge < -0.3 is 9.88 Å². The number of amides is 1. The molecule has 1 N–H and O–H groups in total. The molecule has 2 bridgehead atoms. The summed E-state index contributed by atoms with van der Waals surface area (Å²) in [7, 11) is 0. The number of nitrogens with one attached hydrogen (secondary N) is 1. The van der Waals surface area contributed by atoms with Gasteiger partial charge in [0.15, 0.2) is 0 Å². The molecule has 1 aromatic heterocycles. The lowest BCUT2D eigenvalue weighted by atomic mass is 9.56. The third-order valence-corrected chi connectivity index (χ3v) is 6.77. The zero-order valence-electron chi connectivity index (χ0n) is 16.4. The van der Waals surface area contributed by atoms with E-state index in [-0.39, 0.29) is 12.5 Å². The van der Waals surface area contributed by atoms with Crippen molar-refractivity contribution < 1.29 is 4.79 Å². The van der Waals surface area contributed by atoms with Gasteiger partial charge in [-0.2, -0.15) is 0 Å². The largest absolute Gasteiger partial charge is 0.325 e. The standard InChI is InChI=1S/C22H30N4O/c1-3-17-11-18-5-4-10-22(12-17,13-18)19-6-8-20(9-7-19)24-21(27)14-26-15-23-25-16(26)2/h6-9,15,17-18H,3-5,10-14H2,1-2H3,(H,24,27). The highest BCUT2D eigenvalue weighted by Crippen LogP contribution is 2.53. The Hall–Kier alpha value is -2.17. The zero-order chi connectivity index (χ0) is 18.9. The van der Waals surface area contributed by atoms with Crippen molar-refractivity contribution in [3.63, 3.8) is 0 Å². The average molecular weight is 367 g/mol. The fourth-order valence-electron chi connectivity index (χ4n) is 5.40. The SMILES string of the molecule is CCC1CC2CCCC(c3ccc(NC(=O)Cn4cnnc4C)cc3)(C1)C2. The number of hydrogen-bond donors (Lipinski definition) is 1. The van der Waals surface area contributed by atoms with E-state index < -0.39 is 0 Å². The Morgan fingerprint density at radius 1 is 1.30 bits per heavy atom. The molecule has 2 aliphatic rings. The Balaban J connectivity index is 1.45. The summed E-state index contributed by atoms with van der Waals surface area (Å²) in [6, 6.07) is 8.64. The number of carbonyl (C=O) groups excluding carboxylic acids is 1. The molecule has 0 saturated heterocycles. The molecule has 3 unspecified atom stereocenters. The quantitative estimate of drug-likeness (QED) is 0.849. The molecular weight excluding hydrogens is 336 g/mol. The molecule has 2 saturated carbocycles. The normalized spacial score (nSPS) is 27.3. The number of hydrogen-bond acceptors (Lipinski definition) is 3. The minimum atomic E-state index is -0.0507. The monoisotopic (exact) mass is 366 g/mol. The molecule has 0 spiro atoms. The summed E-state index contributed by atoms with van der Waals surface area (Å²) < 4.78 is 1.75. The van der Waals surface area contributed by atoms with Crippen LogP contribution in [0.2, 0.25) is 0 Å². The Morgan fingerprint density at radius 3 is 2.81 bits per heavy atom. The smallest absolute Gasteiger partial charge is 0.244 e. The van der Waals surface area contributed by atoms with Crippen molar-refractivity contribution in [1.29, 1.82) is 0 Å². The van der Waals surface area contributed by atoms with Gasteiger partial charge in [0.1, 0.15) is 18.7 Å². The fraction of sp³-hybridized carbons (Fsp3) is 0.591. The predicted octanol–water partition coefficient (Wildman–Crippen LogP) is 4.47. The first kappa shape index (κ1) is 18.2. The van der Waals surface area contributed by atoms with Gasteiger partial charge in [-0.15, -0.1) is 10.2 Å². The van der Waals surface area contributed by atoms with E-state index in [1.54, 1.807) is 10.9 Å². The lowest BCUT2D eigenvalue weighted by molar-refractivity contribution is -0.116. The maximum atomic E-state index is 12.3. The van der Waals surface area contributed by atoms with Gasteiger partial charge in [0.05, 0.1) is 0 Å². The van der Waals surface area contributed by atoms with Crippen LogP contribution in [0.25, 0.3) is 0 Å². The van der Waals surface area contributed by atoms with Gasteiger partial charge in [0.25, 0.3) is 0 Å². The average Bonchev–Trinajstić information content (AvgIpc) is 3.06. The van der Waals surface area contributed by atoms with E-state index in [0.717, 1.165) is 23.3 Å². The second-order valence-corrected chi connectivity index (χ2v) is 8.59. The van der Waals surface area contributed by atoms with Gasteiger partial charge in [-0.05, 0) is 67.6 Å². The molecule has 2 fully saturated rings. The van der Waals surface area contributed by atoms with E-state index in [0.29, 0.717) is 5.41 Å². The van der Waals surface area contributed by atoms with Gasteiger partial charge in [-0.25, -0.2) is 0 Å². The minimum Gasteiger partial charge on any atom is -0.325 e. The highest BCUT2D eigenvalue weighted by molar-refractivity contribution is 5.90. The first-order valence-corrected chi connectivity index (χ1v) is 10.3. The summed E-state index contributed by atoms with van der Waals surface area (Å²) >= 11 is 0. The number of aryl methyl sites for hydroxylation is 1. The maximum absolute atomic E-state index is 12.3. The lowest BCUT2D eigenvalue weighted by Gasteiger charge is -2.49. The highest BCUT2D eigenvalue weighted by atomic mass is 16.1. The summed E-state index contributed by atoms with van der Waals surface area (Å²) in [5.74, 6) is 2.47. The predicted molar refractivity (Wildman–Crippen MR) is 106 cm³/mol. The van der Waals surface area contributed by atoms with Crippen LogP contribution in [0.5, 0.6) is 0 Å². The van der Waals surface area contributed by atoms with Crippen LogP contribution < -0.4 is 5.32 Å². The van der Waals surface area contributed by atoms with Gasteiger partial charge in [0.2, 0.25) is 5.91 Å². The molecule has 0 aliphatic heterocycles. The molecule has 27 heavy (non-hydrogen) atoms. The molecular formula is C22H30N4O. The molecule has 1 heterocycles. The van der Waals surface area contributed by atoms with Crippen molar-refractivity contribution in [1.82, 2.24) is 14.8 Å². The van der Waals surface area contributed by atoms with Gasteiger partial charge in [0, 0.05) is 5.69 Å². The maximum Gasteiger partial charge on any atom is 0.244 e. The number of nitrogens with zero attached hydrogens (tertiary/aromatic N) is 3. The third-order valence-electron chi connectivity index (χ3n) is 6.77. The van der Waals surface area contributed by atoms with Crippen LogP contribution >= 0.6 is 0 Å². The summed E-state index contributed by atoms with van der Waals surface area (Å²) in [6.07, 6.45) is 11.1. The van der Waals surface area contributed by atoms with Crippen LogP contribution in [0.3, 0.4) is 0 Å². The molecule has 5 nitrogen and oxygen atoms in total. The Kier molecular flexibility index (Phi) is 5.02. The molecule has 144 valence electrons. The van der Waals surface area contributed by atoms with E-state index in [1.807, 2.05) is 6.92 Å². The van der Waals surface area contributed by atoms with Crippen LogP contribution in [-0.2, 0) is 16.8 Å². The van der Waals surface area contributed by atoms with E-state index in [1.165, 1.54) is 50.5 Å². The topological polar surface area (TPSA) is 59.8 Å². The van der Waals surface area contributed by atoms with Crippen molar-refractivity contribution in [3.05, 3.63) is 42.0 Å². The van der Waals surface area contributed by atoms with Gasteiger partial charge in [-0.1, -0.05) is 38.3 Å². The van der Waals surface area contributed by atoms with Crippen molar-refractivity contribution in [2.24, 2.45) is 11.8 Å².